The van der Waals surface area contributed by atoms with Crippen LogP contribution in [0.2, 0.25) is 0 Å². The zero-order valence-corrected chi connectivity index (χ0v) is 22.3. The van der Waals surface area contributed by atoms with E-state index in [0.29, 0.717) is 6.42 Å². The molecule has 1 spiro atoms. The maximum Gasteiger partial charge on any atom is 0.344 e. The van der Waals surface area contributed by atoms with Gasteiger partial charge in [-0.3, -0.25) is 4.79 Å². The molecule has 4 saturated carbocycles. The predicted octanol–water partition coefficient (Wildman–Crippen LogP) is 5.15. The van der Waals surface area contributed by atoms with E-state index in [0.717, 1.165) is 37.7 Å². The van der Waals surface area contributed by atoms with Gasteiger partial charge in [-0.25, -0.2) is 9.59 Å². The van der Waals surface area contributed by atoms with Crippen LogP contribution in [0.3, 0.4) is 0 Å². The van der Waals surface area contributed by atoms with Crippen LogP contribution in [0.4, 0.5) is 0 Å². The summed E-state index contributed by atoms with van der Waals surface area (Å²) in [4.78, 5) is 38.1. The molecule has 0 saturated heterocycles. The van der Waals surface area contributed by atoms with E-state index in [1.54, 1.807) is 6.08 Å². The number of benzene rings is 1. The molecule has 37 heavy (non-hydrogen) atoms. The Morgan fingerprint density at radius 1 is 1.11 bits per heavy atom. The van der Waals surface area contributed by atoms with Crippen molar-refractivity contribution in [2.24, 2.45) is 34.0 Å². The molecule has 0 amide bonds. The Bertz CT molecular complexity index is 1060. The van der Waals surface area contributed by atoms with Crippen molar-refractivity contribution in [3.63, 3.8) is 0 Å². The Hall–Kier alpha value is -2.73. The molecule has 4 aliphatic rings. The molecule has 7 atom stereocenters. The zero-order valence-electron chi connectivity index (χ0n) is 22.3. The van der Waals surface area contributed by atoms with Crippen molar-refractivity contribution in [2.45, 2.75) is 65.4 Å². The van der Waals surface area contributed by atoms with E-state index in [1.807, 2.05) is 36.4 Å². The lowest BCUT2D eigenvalue weighted by Crippen LogP contribution is -2.56. The van der Waals surface area contributed by atoms with Gasteiger partial charge in [-0.2, -0.15) is 0 Å². The molecule has 5 rings (SSSR count). The summed E-state index contributed by atoms with van der Waals surface area (Å²) >= 11 is 0. The van der Waals surface area contributed by atoms with Crippen molar-refractivity contribution >= 4 is 23.8 Å². The molecule has 1 aromatic carbocycles. The van der Waals surface area contributed by atoms with Gasteiger partial charge >= 0.3 is 11.9 Å². The second-order valence-corrected chi connectivity index (χ2v) is 11.9. The van der Waals surface area contributed by atoms with Crippen molar-refractivity contribution in [3.8, 4) is 0 Å². The number of fused-ring (bicyclic) bond motifs is 5. The van der Waals surface area contributed by atoms with Crippen LogP contribution in [0.15, 0.2) is 49.1 Å². The van der Waals surface area contributed by atoms with Gasteiger partial charge < -0.3 is 14.6 Å². The number of hydrogen-bond donors (Lipinski definition) is 1. The highest BCUT2D eigenvalue weighted by Gasteiger charge is 2.65. The van der Waals surface area contributed by atoms with Gasteiger partial charge in [-0.15, -0.1) is 6.58 Å². The molecule has 1 N–H and O–H groups in total. The quantitative estimate of drug-likeness (QED) is 0.311. The number of esters is 2. The number of rotatable bonds is 7. The fourth-order valence-corrected chi connectivity index (χ4v) is 7.59. The normalized spacial score (nSPS) is 37.4. The van der Waals surface area contributed by atoms with Crippen LogP contribution >= 0.6 is 0 Å². The Kier molecular flexibility index (Phi) is 7.80. The van der Waals surface area contributed by atoms with Crippen LogP contribution in [0.1, 0.15) is 64.9 Å². The summed E-state index contributed by atoms with van der Waals surface area (Å²) in [6, 6.07) is 9.34. The summed E-state index contributed by atoms with van der Waals surface area (Å²) in [5.74, 6) is -1.22. The molecule has 0 heterocycles. The molecule has 1 aromatic rings. The topological polar surface area (TPSA) is 89.9 Å². The van der Waals surface area contributed by atoms with Crippen molar-refractivity contribution in [1.29, 1.82) is 0 Å². The lowest BCUT2D eigenvalue weighted by molar-refractivity contribution is -0.171. The fourth-order valence-electron chi connectivity index (χ4n) is 7.59. The van der Waals surface area contributed by atoms with Gasteiger partial charge in [0.1, 0.15) is 5.78 Å². The van der Waals surface area contributed by atoms with Gasteiger partial charge in [0.2, 0.25) is 0 Å². The lowest BCUT2D eigenvalue weighted by Gasteiger charge is -2.55. The summed E-state index contributed by atoms with van der Waals surface area (Å²) in [5.41, 5.74) is -0.446. The van der Waals surface area contributed by atoms with E-state index in [4.69, 9.17) is 9.47 Å². The first-order chi connectivity index (χ1) is 17.6. The molecule has 4 aliphatic carbocycles. The van der Waals surface area contributed by atoms with Gasteiger partial charge in [-0.1, -0.05) is 57.2 Å². The van der Waals surface area contributed by atoms with Crippen LogP contribution in [0.25, 0.3) is 6.08 Å². The Morgan fingerprint density at radius 2 is 1.81 bits per heavy atom. The third kappa shape index (κ3) is 5.05. The van der Waals surface area contributed by atoms with Crippen molar-refractivity contribution < 1.29 is 29.0 Å². The molecule has 6 nitrogen and oxygen atoms in total. The molecule has 0 radical (unpaired) electrons. The lowest BCUT2D eigenvalue weighted by atomic mass is 9.48. The van der Waals surface area contributed by atoms with E-state index < -0.39 is 35.5 Å². The second kappa shape index (κ2) is 10.6. The summed E-state index contributed by atoms with van der Waals surface area (Å²) in [6.07, 6.45) is 8.85. The molecule has 6 heteroatoms. The third-order valence-corrected chi connectivity index (χ3v) is 9.93. The highest BCUT2D eigenvalue weighted by molar-refractivity contribution is 5.88. The third-order valence-electron chi connectivity index (χ3n) is 9.93. The van der Waals surface area contributed by atoms with E-state index in [-0.39, 0.29) is 35.6 Å². The van der Waals surface area contributed by atoms with Gasteiger partial charge in [0.25, 0.3) is 0 Å². The first kappa shape index (κ1) is 27.3. The van der Waals surface area contributed by atoms with Gasteiger partial charge in [-0.05, 0) is 61.0 Å². The molecule has 4 fully saturated rings. The van der Waals surface area contributed by atoms with E-state index in [2.05, 4.69) is 27.4 Å². The van der Waals surface area contributed by atoms with E-state index in [1.165, 1.54) is 6.08 Å². The smallest absolute Gasteiger partial charge is 0.344 e. The van der Waals surface area contributed by atoms with Gasteiger partial charge in [0.15, 0.2) is 6.61 Å². The Morgan fingerprint density at radius 3 is 2.51 bits per heavy atom. The first-order valence-electron chi connectivity index (χ1n) is 13.5. The Labute approximate surface area is 220 Å². The summed E-state index contributed by atoms with van der Waals surface area (Å²) in [5, 5.41) is 11.5. The Balaban J connectivity index is 1.47. The number of ketones is 1. The van der Waals surface area contributed by atoms with Crippen molar-refractivity contribution in [2.75, 3.05) is 13.2 Å². The van der Waals surface area contributed by atoms with Crippen LogP contribution in [-0.4, -0.2) is 42.1 Å². The summed E-state index contributed by atoms with van der Waals surface area (Å²) in [7, 11) is 0. The predicted molar refractivity (Wildman–Crippen MR) is 141 cm³/mol. The second-order valence-electron chi connectivity index (χ2n) is 11.9. The minimum Gasteiger partial charge on any atom is -0.463 e. The largest absolute Gasteiger partial charge is 0.463 e. The SMILES string of the molecule is C=C[C@]1(C)CC[C@@H]2CC[C@]3(CCC(=O)[C@H]3[C@]2(C)COC(=O)COC(=O)/C=C/c2ccccc2)[C@@H](C)[C@@H]1O. The van der Waals surface area contributed by atoms with Crippen LogP contribution < -0.4 is 0 Å². The molecular formula is C31H40O6. The molecule has 0 aliphatic heterocycles. The van der Waals surface area contributed by atoms with Crippen molar-refractivity contribution in [1.82, 2.24) is 0 Å². The number of aliphatic hydroxyl groups excluding tert-OH is 1. The number of carbonyl (C=O) groups is 3. The number of ether oxygens (including phenoxy) is 2. The average Bonchev–Trinajstić information content (AvgIpc) is 3.28. The number of hydrogen-bond acceptors (Lipinski definition) is 6. The fraction of sp³-hybridized carbons (Fsp3) is 0.581. The van der Waals surface area contributed by atoms with Crippen LogP contribution in [0.5, 0.6) is 0 Å². The summed E-state index contributed by atoms with van der Waals surface area (Å²) in [6.45, 7) is 9.87. The highest BCUT2D eigenvalue weighted by atomic mass is 16.6. The van der Waals surface area contributed by atoms with E-state index >= 15 is 0 Å². The van der Waals surface area contributed by atoms with Gasteiger partial charge in [0, 0.05) is 29.2 Å². The number of Topliss-reactive ketones (excluding diaryl/α,β-unsaturated/α-hetero) is 1. The molecular weight excluding hydrogens is 468 g/mol. The monoisotopic (exact) mass is 508 g/mol. The van der Waals surface area contributed by atoms with Crippen molar-refractivity contribution in [3.05, 3.63) is 54.6 Å². The molecule has 0 unspecified atom stereocenters. The summed E-state index contributed by atoms with van der Waals surface area (Å²) < 4.78 is 10.8. The zero-order chi connectivity index (χ0) is 26.8. The maximum absolute atomic E-state index is 13.4. The van der Waals surface area contributed by atoms with Crippen LogP contribution in [0, 0.1) is 34.0 Å². The minimum absolute atomic E-state index is 0.0848. The van der Waals surface area contributed by atoms with E-state index in [9.17, 15) is 19.5 Å². The number of carbonyl (C=O) groups excluding carboxylic acids is 3. The van der Waals surface area contributed by atoms with Crippen LogP contribution in [-0.2, 0) is 23.9 Å². The molecule has 2 bridgehead atoms. The first-order valence-corrected chi connectivity index (χ1v) is 13.5. The average molecular weight is 509 g/mol. The molecule has 0 aromatic heterocycles. The highest BCUT2D eigenvalue weighted by Crippen LogP contribution is 2.66. The minimum atomic E-state index is -0.623. The number of aliphatic hydroxyl groups is 1. The molecule has 200 valence electrons. The standard InChI is InChI=1S/C31H40O6/c1-5-29(3)16-13-23-14-17-31(21(2)28(29)35)18-15-24(32)27(31)30(23,4)20-37-26(34)19-36-25(33)12-11-22-9-7-6-8-10-22/h5-12,21,23,27-28,35H,1,13-20H2,2-4H3/b12-11+/t21-,23+,27-,28-,29+,30+,31-/m0/s1. The van der Waals surface area contributed by atoms with Gasteiger partial charge in [0.05, 0.1) is 12.7 Å². The maximum atomic E-state index is 13.4.